The molecule has 1 aromatic heterocycles. The van der Waals surface area contributed by atoms with Crippen LogP contribution in [0.2, 0.25) is 0 Å². The number of aryl methyl sites for hydroxylation is 1. The van der Waals surface area contributed by atoms with E-state index in [0.717, 1.165) is 6.54 Å². The molecule has 0 radical (unpaired) electrons. The normalized spacial score (nSPS) is 19.1. The van der Waals surface area contributed by atoms with E-state index >= 15 is 0 Å². The van der Waals surface area contributed by atoms with E-state index in [1.165, 1.54) is 39.4 Å². The number of allylic oxidation sites excluding steroid dienone is 1. The maximum absolute atomic E-state index is 2.53. The van der Waals surface area contributed by atoms with E-state index in [1.807, 2.05) is 0 Å². The van der Waals surface area contributed by atoms with Crippen molar-refractivity contribution in [2.45, 2.75) is 25.8 Å². The van der Waals surface area contributed by atoms with Gasteiger partial charge in [0.15, 0.2) is 12.2 Å². The van der Waals surface area contributed by atoms with Crippen LogP contribution in [0.5, 0.6) is 0 Å². The fourth-order valence-electron chi connectivity index (χ4n) is 4.11. The molecule has 0 saturated heterocycles. The van der Waals surface area contributed by atoms with E-state index in [-0.39, 0.29) is 0 Å². The van der Waals surface area contributed by atoms with Crippen molar-refractivity contribution < 1.29 is 4.57 Å². The van der Waals surface area contributed by atoms with Gasteiger partial charge in [-0.3, -0.25) is 0 Å². The first kappa shape index (κ1) is 10.6. The number of benzene rings is 2. The van der Waals surface area contributed by atoms with Crippen molar-refractivity contribution in [1.29, 1.82) is 0 Å². The molecule has 2 heterocycles. The van der Waals surface area contributed by atoms with Gasteiger partial charge in [0.25, 0.3) is 0 Å². The lowest BCUT2D eigenvalue weighted by Gasteiger charge is -2.15. The van der Waals surface area contributed by atoms with Crippen molar-refractivity contribution in [2.75, 3.05) is 0 Å². The van der Waals surface area contributed by atoms with Gasteiger partial charge in [-0.1, -0.05) is 36.4 Å². The van der Waals surface area contributed by atoms with Gasteiger partial charge in [-0.05, 0) is 28.8 Å². The number of rotatable bonds is 0. The second-order valence-corrected chi connectivity index (χ2v) is 6.06. The molecule has 1 nitrogen and oxygen atoms in total. The summed E-state index contributed by atoms with van der Waals surface area (Å²) in [6.45, 7) is 3.37. The molecular formula is C19H16N+. The highest BCUT2D eigenvalue weighted by atomic mass is 15.0. The van der Waals surface area contributed by atoms with E-state index in [1.54, 1.807) is 5.56 Å². The number of aromatic nitrogens is 1. The second kappa shape index (κ2) is 3.49. The van der Waals surface area contributed by atoms with Gasteiger partial charge in [0.2, 0.25) is 5.52 Å². The van der Waals surface area contributed by atoms with Crippen LogP contribution in [0.3, 0.4) is 0 Å². The smallest absolute Gasteiger partial charge is 0.195 e. The third-order valence-electron chi connectivity index (χ3n) is 5.01. The Morgan fingerprint density at radius 3 is 2.75 bits per heavy atom. The zero-order valence-corrected chi connectivity index (χ0v) is 11.6. The van der Waals surface area contributed by atoms with E-state index in [4.69, 9.17) is 0 Å². The van der Waals surface area contributed by atoms with E-state index in [2.05, 4.69) is 60.0 Å². The first-order valence-electron chi connectivity index (χ1n) is 7.39. The summed E-state index contributed by atoms with van der Waals surface area (Å²) in [5.41, 5.74) is 5.91. The van der Waals surface area contributed by atoms with Crippen LogP contribution in [0.15, 0.2) is 42.5 Å². The average Bonchev–Trinajstić information content (AvgIpc) is 2.89. The number of pyridine rings is 1. The third-order valence-corrected chi connectivity index (χ3v) is 5.01. The summed E-state index contributed by atoms with van der Waals surface area (Å²) in [7, 11) is 0. The van der Waals surface area contributed by atoms with Gasteiger partial charge in [-0.15, -0.1) is 0 Å². The largest absolute Gasteiger partial charge is 0.217 e. The molecule has 20 heavy (non-hydrogen) atoms. The van der Waals surface area contributed by atoms with Crippen molar-refractivity contribution >= 4 is 27.8 Å². The first-order chi connectivity index (χ1) is 9.84. The Balaban J connectivity index is 2.15. The van der Waals surface area contributed by atoms with Crippen molar-refractivity contribution in [1.82, 2.24) is 0 Å². The Labute approximate surface area is 118 Å². The summed E-state index contributed by atoms with van der Waals surface area (Å²) in [6, 6.07) is 13.4. The zero-order valence-electron chi connectivity index (χ0n) is 11.6. The minimum atomic E-state index is 0.670. The van der Waals surface area contributed by atoms with Crippen molar-refractivity contribution in [3.8, 4) is 0 Å². The lowest BCUT2D eigenvalue weighted by Crippen LogP contribution is -2.35. The van der Waals surface area contributed by atoms with Crippen LogP contribution in [0, 0.1) is 6.92 Å². The van der Waals surface area contributed by atoms with Gasteiger partial charge in [0.1, 0.15) is 0 Å². The van der Waals surface area contributed by atoms with E-state index in [9.17, 15) is 0 Å². The Morgan fingerprint density at radius 2 is 1.85 bits per heavy atom. The molecule has 1 aliphatic heterocycles. The van der Waals surface area contributed by atoms with Crippen LogP contribution in [0.4, 0.5) is 0 Å². The van der Waals surface area contributed by atoms with Gasteiger partial charge in [-0.2, -0.15) is 4.57 Å². The highest BCUT2D eigenvalue weighted by Crippen LogP contribution is 2.43. The fraction of sp³-hybridized carbons (Fsp3) is 0.211. The molecular weight excluding hydrogens is 242 g/mol. The minimum absolute atomic E-state index is 0.670. The average molecular weight is 258 g/mol. The van der Waals surface area contributed by atoms with Crippen molar-refractivity contribution in [3.63, 3.8) is 0 Å². The standard InChI is InChI=1S/C19H16N/c1-12-9-10-17-15-7-3-2-6-14(15)16-8-4-5-13-11-20(12)19(17)18(13)16/h2-4,6-10,13H,5,11H2,1H3/q+1/t13-/m0/s1. The van der Waals surface area contributed by atoms with Gasteiger partial charge in [-0.25, -0.2) is 0 Å². The van der Waals surface area contributed by atoms with Crippen molar-refractivity contribution in [3.05, 3.63) is 59.3 Å². The van der Waals surface area contributed by atoms with Gasteiger partial charge < -0.3 is 0 Å². The molecule has 0 fully saturated rings. The summed E-state index contributed by atoms with van der Waals surface area (Å²) in [5.74, 6) is 0.670. The molecule has 0 N–H and O–H groups in total. The Bertz CT molecular complexity index is 918. The van der Waals surface area contributed by atoms with Crippen molar-refractivity contribution in [2.24, 2.45) is 0 Å². The predicted molar refractivity (Wildman–Crippen MR) is 82.8 cm³/mol. The molecule has 1 heteroatoms. The summed E-state index contributed by atoms with van der Waals surface area (Å²) < 4.78 is 2.53. The third kappa shape index (κ3) is 1.12. The molecule has 0 saturated carbocycles. The highest BCUT2D eigenvalue weighted by molar-refractivity contribution is 6.11. The maximum Gasteiger partial charge on any atom is 0.217 e. The first-order valence-corrected chi connectivity index (χ1v) is 7.39. The van der Waals surface area contributed by atoms with E-state index in [0.29, 0.717) is 5.92 Å². The van der Waals surface area contributed by atoms with Crippen LogP contribution < -0.4 is 4.57 Å². The summed E-state index contributed by atoms with van der Waals surface area (Å²) in [5, 5.41) is 4.22. The summed E-state index contributed by atoms with van der Waals surface area (Å²) >= 11 is 0. The quantitative estimate of drug-likeness (QED) is 0.422. The molecule has 0 amide bonds. The van der Waals surface area contributed by atoms with Crippen LogP contribution in [-0.2, 0) is 6.54 Å². The van der Waals surface area contributed by atoms with E-state index < -0.39 is 0 Å². The Kier molecular flexibility index (Phi) is 1.85. The van der Waals surface area contributed by atoms with Gasteiger partial charge in [0, 0.05) is 18.6 Å². The van der Waals surface area contributed by atoms with Gasteiger partial charge >= 0.3 is 0 Å². The zero-order chi connectivity index (χ0) is 13.3. The lowest BCUT2D eigenvalue weighted by molar-refractivity contribution is -0.672. The highest BCUT2D eigenvalue weighted by Gasteiger charge is 2.36. The lowest BCUT2D eigenvalue weighted by atomic mass is 9.84. The Morgan fingerprint density at radius 1 is 1.00 bits per heavy atom. The molecule has 2 aromatic carbocycles. The molecule has 0 bridgehead atoms. The summed E-state index contributed by atoms with van der Waals surface area (Å²) in [4.78, 5) is 0. The second-order valence-electron chi connectivity index (χ2n) is 6.06. The Hall–Kier alpha value is -2.15. The number of fused-ring (bicyclic) bond motifs is 3. The molecule has 96 valence electrons. The summed E-state index contributed by atoms with van der Waals surface area (Å²) in [6.07, 6.45) is 5.88. The monoisotopic (exact) mass is 258 g/mol. The molecule has 1 atom stereocenters. The molecule has 5 rings (SSSR count). The molecule has 0 spiro atoms. The minimum Gasteiger partial charge on any atom is -0.195 e. The van der Waals surface area contributed by atoms with Gasteiger partial charge in [0.05, 0.1) is 11.3 Å². The molecule has 1 aliphatic carbocycles. The van der Waals surface area contributed by atoms with Crippen LogP contribution >= 0.6 is 0 Å². The number of nitrogens with zero attached hydrogens (tertiary/aromatic N) is 1. The maximum atomic E-state index is 2.53. The SMILES string of the molecule is Cc1ccc2c3ccccc3c3c4c2[n+]1C[C@@H]4CC=C3. The predicted octanol–water partition coefficient (Wildman–Crippen LogP) is 4.10. The molecule has 3 aromatic rings. The topological polar surface area (TPSA) is 3.88 Å². The van der Waals surface area contributed by atoms with Crippen LogP contribution in [-0.4, -0.2) is 0 Å². The molecule has 0 unspecified atom stereocenters. The molecule has 2 aliphatic rings. The fourth-order valence-corrected chi connectivity index (χ4v) is 4.11. The number of hydrogen-bond acceptors (Lipinski definition) is 0. The van der Waals surface area contributed by atoms with Crippen LogP contribution in [0.1, 0.15) is 29.2 Å². The van der Waals surface area contributed by atoms with Crippen LogP contribution in [0.25, 0.3) is 27.8 Å². The number of hydrogen-bond donors (Lipinski definition) is 0.